The fourth-order valence-electron chi connectivity index (χ4n) is 0.767. The Morgan fingerprint density at radius 3 is 1.93 bits per heavy atom. The molecule has 1 rings (SSSR count). The quantitative estimate of drug-likeness (QED) is 0.515. The van der Waals surface area contributed by atoms with Crippen molar-refractivity contribution < 1.29 is 26.1 Å². The summed E-state index contributed by atoms with van der Waals surface area (Å²) in [6.07, 6.45) is -4.53. The van der Waals surface area contributed by atoms with Gasteiger partial charge in [0, 0.05) is 6.20 Å². The molecule has 0 N–H and O–H groups in total. The van der Waals surface area contributed by atoms with Gasteiger partial charge in [-0.25, -0.2) is 0 Å². The van der Waals surface area contributed by atoms with E-state index in [1.165, 1.54) is 0 Å². The number of hydrogen-bond donors (Lipinski definition) is 0. The van der Waals surface area contributed by atoms with E-state index in [0.717, 1.165) is 0 Å². The first kappa shape index (κ1) is 10.9. The molecule has 1 aromatic heterocycles. The summed E-state index contributed by atoms with van der Waals surface area (Å²) in [6.45, 7) is -5.29. The van der Waals surface area contributed by atoms with Crippen molar-refractivity contribution in [3.05, 3.63) is 24.0 Å². The predicted molar refractivity (Wildman–Crippen MR) is 38.0 cm³/mol. The fourth-order valence-corrected chi connectivity index (χ4v) is 0.767. The third-order valence-electron chi connectivity index (χ3n) is 1.45. The summed E-state index contributed by atoms with van der Waals surface area (Å²) in [5.74, 6) is 0. The summed E-state index contributed by atoms with van der Waals surface area (Å²) < 4.78 is 71.5. The van der Waals surface area contributed by atoms with E-state index in [4.69, 9.17) is 0 Å². The maximum atomic E-state index is 12.0. The molecule has 0 saturated heterocycles. The highest BCUT2D eigenvalue weighted by Gasteiger charge is 2.33. The molecule has 0 spiro atoms. The van der Waals surface area contributed by atoms with Gasteiger partial charge in [0.15, 0.2) is 0 Å². The molecule has 8 heteroatoms. The van der Waals surface area contributed by atoms with Gasteiger partial charge >= 0.3 is 13.2 Å². The number of hydrogen-bond acceptors (Lipinski definition) is 1. The van der Waals surface area contributed by atoms with Crippen molar-refractivity contribution >= 4 is 12.4 Å². The lowest BCUT2D eigenvalue weighted by Crippen LogP contribution is -2.34. The van der Waals surface area contributed by atoms with Gasteiger partial charge in [0.1, 0.15) is 5.69 Å². The minimum atomic E-state index is -5.29. The van der Waals surface area contributed by atoms with Crippen molar-refractivity contribution in [3.63, 3.8) is 0 Å². The van der Waals surface area contributed by atoms with Crippen LogP contribution < -0.4 is 5.46 Å². The Hall–Kier alpha value is -1.21. The first-order valence-corrected chi connectivity index (χ1v) is 3.44. The second-order valence-corrected chi connectivity index (χ2v) is 2.55. The topological polar surface area (TPSA) is 12.9 Å². The van der Waals surface area contributed by atoms with Crippen molar-refractivity contribution in [2.24, 2.45) is 0 Å². The lowest BCUT2D eigenvalue weighted by atomic mass is 9.81. The maximum Gasteiger partial charge on any atom is 0.511 e. The first-order valence-electron chi connectivity index (χ1n) is 3.44. The molecule has 0 aliphatic carbocycles. The summed E-state index contributed by atoms with van der Waals surface area (Å²) in [7, 11) is 0. The number of aromatic nitrogens is 1. The molecule has 0 bridgehead atoms. The van der Waals surface area contributed by atoms with Crippen LogP contribution in [-0.4, -0.2) is 12.0 Å². The van der Waals surface area contributed by atoms with E-state index in [0.29, 0.717) is 12.1 Å². The Morgan fingerprint density at radius 1 is 1.07 bits per heavy atom. The van der Waals surface area contributed by atoms with Gasteiger partial charge in [-0.1, -0.05) is 11.5 Å². The zero-order valence-corrected chi connectivity index (χ0v) is 6.52. The molecule has 0 atom stereocenters. The lowest BCUT2D eigenvalue weighted by molar-refractivity contribution is -0.141. The Labute approximate surface area is 74.8 Å². The van der Waals surface area contributed by atoms with Crippen molar-refractivity contribution in [1.29, 1.82) is 0 Å². The Bertz CT molecular complexity index is 280. The molecular formula is C6H3BF6N-. The molecule has 0 unspecified atom stereocenters. The smallest absolute Gasteiger partial charge is 0.445 e. The normalized spacial score (nSPS) is 13.0. The molecule has 0 saturated carbocycles. The third kappa shape index (κ3) is 2.40. The summed E-state index contributed by atoms with van der Waals surface area (Å²) >= 11 is 0. The molecule has 0 aliphatic heterocycles. The largest absolute Gasteiger partial charge is 0.511 e. The number of pyridine rings is 1. The zero-order chi connectivity index (χ0) is 11.0. The van der Waals surface area contributed by atoms with Gasteiger partial charge < -0.3 is 12.9 Å². The molecule has 0 aliphatic rings. The summed E-state index contributed by atoms with van der Waals surface area (Å²) in [4.78, 5) is 2.69. The molecule has 14 heavy (non-hydrogen) atoms. The molecule has 1 nitrogen and oxygen atoms in total. The number of halogens is 6. The van der Waals surface area contributed by atoms with E-state index in [1.54, 1.807) is 0 Å². The van der Waals surface area contributed by atoms with E-state index in [2.05, 4.69) is 4.98 Å². The van der Waals surface area contributed by atoms with Crippen LogP contribution in [0.1, 0.15) is 5.69 Å². The number of rotatable bonds is 1. The van der Waals surface area contributed by atoms with Gasteiger partial charge in [0.25, 0.3) is 0 Å². The highest BCUT2D eigenvalue weighted by molar-refractivity contribution is 6.73. The Morgan fingerprint density at radius 2 is 1.64 bits per heavy atom. The number of nitrogens with zero attached hydrogens (tertiary/aromatic N) is 1. The van der Waals surface area contributed by atoms with E-state index in [-0.39, 0.29) is 6.20 Å². The average Bonchev–Trinajstić information content (AvgIpc) is 2.01. The molecule has 1 aromatic rings. The van der Waals surface area contributed by atoms with Crippen LogP contribution in [0.25, 0.3) is 0 Å². The second kappa shape index (κ2) is 3.18. The van der Waals surface area contributed by atoms with E-state index < -0.39 is 24.3 Å². The van der Waals surface area contributed by atoms with Gasteiger partial charge in [-0.05, 0) is 6.07 Å². The van der Waals surface area contributed by atoms with E-state index in [9.17, 15) is 26.1 Å². The second-order valence-electron chi connectivity index (χ2n) is 2.55. The van der Waals surface area contributed by atoms with Crippen LogP contribution in [0.4, 0.5) is 26.1 Å². The van der Waals surface area contributed by atoms with Gasteiger partial charge in [-0.3, -0.25) is 4.98 Å². The van der Waals surface area contributed by atoms with Crippen molar-refractivity contribution in [2.75, 3.05) is 0 Å². The standard InChI is InChI=1S/C6H3BF6N/c8-6(9,10)5-2-1-4(3-14-5)7(11,12)13/h1-3H/q-1. The molecule has 0 aromatic carbocycles. The molecule has 78 valence electrons. The van der Waals surface area contributed by atoms with Crippen molar-refractivity contribution in [3.8, 4) is 0 Å². The monoisotopic (exact) mass is 214 g/mol. The summed E-state index contributed by atoms with van der Waals surface area (Å²) in [5.41, 5.74) is -2.47. The highest BCUT2D eigenvalue weighted by Crippen LogP contribution is 2.26. The minimum Gasteiger partial charge on any atom is -0.445 e. The minimum absolute atomic E-state index is 0.183. The molecular weight excluding hydrogens is 211 g/mol. The molecule has 1 heterocycles. The van der Waals surface area contributed by atoms with Crippen molar-refractivity contribution in [1.82, 2.24) is 4.98 Å². The zero-order valence-electron chi connectivity index (χ0n) is 6.52. The fraction of sp³-hybridized carbons (Fsp3) is 0.167. The SMILES string of the molecule is F[B-](F)(F)c1ccc(C(F)(F)F)nc1. The average molecular weight is 214 g/mol. The highest BCUT2D eigenvalue weighted by atomic mass is 19.4. The molecule has 0 radical (unpaired) electrons. The molecule has 0 fully saturated rings. The van der Waals surface area contributed by atoms with Gasteiger partial charge in [0.05, 0.1) is 0 Å². The van der Waals surface area contributed by atoms with Crippen LogP contribution in [-0.2, 0) is 6.18 Å². The Kier molecular flexibility index (Phi) is 2.47. The van der Waals surface area contributed by atoms with Crippen LogP contribution in [0.5, 0.6) is 0 Å². The number of alkyl halides is 3. The van der Waals surface area contributed by atoms with Crippen LogP contribution in [0.3, 0.4) is 0 Å². The van der Waals surface area contributed by atoms with Crippen LogP contribution in [0.2, 0.25) is 0 Å². The van der Waals surface area contributed by atoms with Crippen LogP contribution in [0.15, 0.2) is 18.3 Å². The van der Waals surface area contributed by atoms with Gasteiger partial charge in [-0.2, -0.15) is 13.2 Å². The molecule has 0 amide bonds. The van der Waals surface area contributed by atoms with E-state index >= 15 is 0 Å². The van der Waals surface area contributed by atoms with Gasteiger partial charge in [0.2, 0.25) is 0 Å². The maximum absolute atomic E-state index is 12.0. The van der Waals surface area contributed by atoms with Crippen LogP contribution >= 0.6 is 0 Å². The first-order chi connectivity index (χ1) is 6.21. The summed E-state index contributed by atoms with van der Waals surface area (Å²) in [5, 5.41) is 0. The van der Waals surface area contributed by atoms with E-state index in [1.807, 2.05) is 0 Å². The lowest BCUT2D eigenvalue weighted by Gasteiger charge is -2.14. The Balaban J connectivity index is 3.02. The predicted octanol–water partition coefficient (Wildman–Crippen LogP) is 2.15. The summed E-state index contributed by atoms with van der Waals surface area (Å²) in [6, 6.07) is 0.681. The van der Waals surface area contributed by atoms with Crippen molar-refractivity contribution in [2.45, 2.75) is 6.18 Å². The van der Waals surface area contributed by atoms with Gasteiger partial charge in [-0.15, -0.1) is 0 Å². The third-order valence-corrected chi connectivity index (χ3v) is 1.45. The van der Waals surface area contributed by atoms with Crippen LogP contribution in [0, 0.1) is 0 Å².